The summed E-state index contributed by atoms with van der Waals surface area (Å²) < 4.78 is 5.42. The number of amides is 1. The van der Waals surface area contributed by atoms with E-state index in [4.69, 9.17) is 4.74 Å². The summed E-state index contributed by atoms with van der Waals surface area (Å²) in [7, 11) is 0. The Balaban J connectivity index is 1.67. The van der Waals surface area contributed by atoms with E-state index in [0.29, 0.717) is 18.0 Å². The van der Waals surface area contributed by atoms with Gasteiger partial charge in [-0.1, -0.05) is 67.9 Å². The predicted molar refractivity (Wildman–Crippen MR) is 133 cm³/mol. The van der Waals surface area contributed by atoms with E-state index < -0.39 is 17.7 Å². The molecule has 0 aliphatic carbocycles. The number of benzene rings is 2. The number of carbonyl (C=O) groups excluding carboxylic acids is 2. The van der Waals surface area contributed by atoms with Crippen LogP contribution in [0.25, 0.3) is 5.76 Å². The van der Waals surface area contributed by atoms with Crippen LogP contribution in [0.4, 0.5) is 0 Å². The van der Waals surface area contributed by atoms with Crippen LogP contribution in [-0.2, 0) is 14.3 Å². The third kappa shape index (κ3) is 5.08. The Morgan fingerprint density at radius 2 is 1.65 bits per heavy atom. The van der Waals surface area contributed by atoms with E-state index in [9.17, 15) is 14.7 Å². The second kappa shape index (κ2) is 10.5. The number of nitrogens with zero attached hydrogens (tertiary/aromatic N) is 2. The van der Waals surface area contributed by atoms with Crippen molar-refractivity contribution >= 4 is 17.4 Å². The number of carbonyl (C=O) groups is 2. The lowest BCUT2D eigenvalue weighted by Crippen LogP contribution is -2.38. The summed E-state index contributed by atoms with van der Waals surface area (Å²) in [5.41, 5.74) is 3.79. The standard InChI is InChI=1S/C28H34N2O4/c1-19(2)21-9-11-22(12-10-21)25-24(26(31)23-7-5-20(3)6-8-23)27(32)28(33)30(25)14-4-13-29-15-17-34-18-16-29/h5-12,19,25,31H,4,13-18H2,1-3H3/t25-/m0/s1. The average molecular weight is 463 g/mol. The van der Waals surface area contributed by atoms with Crippen molar-refractivity contribution in [1.29, 1.82) is 0 Å². The molecule has 2 aromatic carbocycles. The molecular formula is C28H34N2O4. The van der Waals surface area contributed by atoms with Gasteiger partial charge in [-0.2, -0.15) is 0 Å². The van der Waals surface area contributed by atoms with E-state index in [1.807, 2.05) is 43.3 Å². The molecule has 180 valence electrons. The molecule has 0 aromatic heterocycles. The minimum Gasteiger partial charge on any atom is -0.507 e. The molecule has 1 amide bonds. The van der Waals surface area contributed by atoms with Gasteiger partial charge in [0.25, 0.3) is 11.7 Å². The van der Waals surface area contributed by atoms with Crippen LogP contribution in [-0.4, -0.2) is 66.0 Å². The quantitative estimate of drug-likeness (QED) is 0.378. The van der Waals surface area contributed by atoms with Crippen molar-refractivity contribution in [3.63, 3.8) is 0 Å². The number of aliphatic hydroxyl groups is 1. The zero-order valence-electron chi connectivity index (χ0n) is 20.3. The van der Waals surface area contributed by atoms with E-state index in [1.54, 1.807) is 17.0 Å². The van der Waals surface area contributed by atoms with Crippen LogP contribution in [0.5, 0.6) is 0 Å². The fourth-order valence-electron chi connectivity index (χ4n) is 4.68. The van der Waals surface area contributed by atoms with Crippen LogP contribution in [0, 0.1) is 6.92 Å². The summed E-state index contributed by atoms with van der Waals surface area (Å²) in [4.78, 5) is 30.3. The van der Waals surface area contributed by atoms with E-state index in [-0.39, 0.29) is 11.3 Å². The number of aliphatic hydroxyl groups excluding tert-OH is 1. The molecule has 2 heterocycles. The monoisotopic (exact) mass is 462 g/mol. The van der Waals surface area contributed by atoms with Crippen molar-refractivity contribution in [3.8, 4) is 0 Å². The SMILES string of the molecule is Cc1ccc(C(O)=C2C(=O)C(=O)N(CCCN3CCOCC3)[C@H]2c2ccc(C(C)C)cc2)cc1. The summed E-state index contributed by atoms with van der Waals surface area (Å²) in [6, 6.07) is 14.8. The molecule has 0 bridgehead atoms. The van der Waals surface area contributed by atoms with Gasteiger partial charge in [-0.15, -0.1) is 0 Å². The fourth-order valence-corrected chi connectivity index (χ4v) is 4.68. The minimum atomic E-state index is -0.623. The first kappa shape index (κ1) is 24.2. The molecule has 6 nitrogen and oxygen atoms in total. The molecule has 6 heteroatoms. The number of Topliss-reactive ketones (excluding diaryl/α,β-unsaturated/α-hetero) is 1. The van der Waals surface area contributed by atoms with Gasteiger partial charge in [-0.3, -0.25) is 14.5 Å². The number of aryl methyl sites for hydroxylation is 1. The smallest absolute Gasteiger partial charge is 0.295 e. The Bertz CT molecular complexity index is 1050. The van der Waals surface area contributed by atoms with Gasteiger partial charge in [0.1, 0.15) is 5.76 Å². The first-order valence-corrected chi connectivity index (χ1v) is 12.1. The van der Waals surface area contributed by atoms with Gasteiger partial charge in [-0.05, 0) is 30.4 Å². The van der Waals surface area contributed by atoms with E-state index in [1.165, 1.54) is 5.56 Å². The van der Waals surface area contributed by atoms with Gasteiger partial charge in [0.15, 0.2) is 0 Å². The number of morpholine rings is 1. The largest absolute Gasteiger partial charge is 0.507 e. The maximum absolute atomic E-state index is 13.2. The highest BCUT2D eigenvalue weighted by Crippen LogP contribution is 2.39. The van der Waals surface area contributed by atoms with Crippen LogP contribution < -0.4 is 0 Å². The number of ketones is 1. The topological polar surface area (TPSA) is 70.1 Å². The Morgan fingerprint density at radius 1 is 1.00 bits per heavy atom. The predicted octanol–water partition coefficient (Wildman–Crippen LogP) is 4.26. The van der Waals surface area contributed by atoms with Crippen molar-refractivity contribution < 1.29 is 19.4 Å². The second-order valence-electron chi connectivity index (χ2n) is 9.49. The highest BCUT2D eigenvalue weighted by molar-refractivity contribution is 6.46. The van der Waals surface area contributed by atoms with E-state index in [0.717, 1.165) is 50.4 Å². The molecule has 0 saturated carbocycles. The van der Waals surface area contributed by atoms with Gasteiger partial charge < -0.3 is 14.7 Å². The molecule has 0 unspecified atom stereocenters. The van der Waals surface area contributed by atoms with Crippen LogP contribution >= 0.6 is 0 Å². The van der Waals surface area contributed by atoms with Crippen LogP contribution in [0.15, 0.2) is 54.1 Å². The molecule has 4 rings (SSSR count). The lowest BCUT2D eigenvalue weighted by molar-refractivity contribution is -0.140. The Hall–Kier alpha value is -2.96. The van der Waals surface area contributed by atoms with E-state index >= 15 is 0 Å². The van der Waals surface area contributed by atoms with E-state index in [2.05, 4.69) is 18.7 Å². The highest BCUT2D eigenvalue weighted by atomic mass is 16.5. The maximum atomic E-state index is 13.2. The van der Waals surface area contributed by atoms with Gasteiger partial charge in [0.2, 0.25) is 0 Å². The zero-order valence-corrected chi connectivity index (χ0v) is 20.3. The lowest BCUT2D eigenvalue weighted by atomic mass is 9.93. The molecule has 0 spiro atoms. The number of hydrogen-bond acceptors (Lipinski definition) is 5. The first-order chi connectivity index (χ1) is 16.4. The van der Waals surface area contributed by atoms with Gasteiger partial charge in [0, 0.05) is 31.7 Å². The van der Waals surface area contributed by atoms with Crippen LogP contribution in [0.1, 0.15) is 54.5 Å². The maximum Gasteiger partial charge on any atom is 0.295 e. The van der Waals surface area contributed by atoms with Crippen molar-refractivity contribution in [3.05, 3.63) is 76.4 Å². The lowest BCUT2D eigenvalue weighted by Gasteiger charge is -2.29. The molecule has 2 aliphatic heterocycles. The Morgan fingerprint density at radius 3 is 2.26 bits per heavy atom. The highest BCUT2D eigenvalue weighted by Gasteiger charge is 2.45. The molecule has 2 aromatic rings. The van der Waals surface area contributed by atoms with Gasteiger partial charge in [-0.25, -0.2) is 0 Å². The van der Waals surface area contributed by atoms with Gasteiger partial charge >= 0.3 is 0 Å². The number of hydrogen-bond donors (Lipinski definition) is 1. The summed E-state index contributed by atoms with van der Waals surface area (Å²) in [5.74, 6) is -0.913. The molecule has 2 aliphatic rings. The molecule has 2 saturated heterocycles. The minimum absolute atomic E-state index is 0.119. The van der Waals surface area contributed by atoms with Crippen molar-refractivity contribution in [2.45, 2.75) is 39.2 Å². The van der Waals surface area contributed by atoms with Gasteiger partial charge in [0.05, 0.1) is 24.8 Å². The van der Waals surface area contributed by atoms with Crippen molar-refractivity contribution in [2.75, 3.05) is 39.4 Å². The normalized spacial score (nSPS) is 20.9. The first-order valence-electron chi connectivity index (χ1n) is 12.1. The average Bonchev–Trinajstić information content (AvgIpc) is 3.10. The summed E-state index contributed by atoms with van der Waals surface area (Å²) >= 11 is 0. The number of ether oxygens (including phenoxy) is 1. The van der Waals surface area contributed by atoms with Crippen LogP contribution in [0.3, 0.4) is 0 Å². The summed E-state index contributed by atoms with van der Waals surface area (Å²) in [5, 5.41) is 11.2. The fraction of sp³-hybridized carbons (Fsp3) is 0.429. The van der Waals surface area contributed by atoms with Crippen molar-refractivity contribution in [2.24, 2.45) is 0 Å². The molecule has 0 radical (unpaired) electrons. The Labute approximate surface area is 201 Å². The second-order valence-corrected chi connectivity index (χ2v) is 9.49. The third-order valence-corrected chi connectivity index (χ3v) is 6.76. The molecular weight excluding hydrogens is 428 g/mol. The summed E-state index contributed by atoms with van der Waals surface area (Å²) in [6.45, 7) is 10.7. The number of rotatable bonds is 7. The number of likely N-dealkylation sites (tertiary alicyclic amines) is 1. The molecule has 2 fully saturated rings. The molecule has 34 heavy (non-hydrogen) atoms. The molecule has 1 N–H and O–H groups in total. The molecule has 1 atom stereocenters. The zero-order chi connectivity index (χ0) is 24.2. The van der Waals surface area contributed by atoms with Crippen LogP contribution in [0.2, 0.25) is 0 Å². The third-order valence-electron chi connectivity index (χ3n) is 6.76. The Kier molecular flexibility index (Phi) is 7.49. The van der Waals surface area contributed by atoms with Crippen molar-refractivity contribution in [1.82, 2.24) is 9.80 Å². The summed E-state index contributed by atoms with van der Waals surface area (Å²) in [6.07, 6.45) is 0.748.